The van der Waals surface area contributed by atoms with Crippen LogP contribution in [-0.4, -0.2) is 35.2 Å². The van der Waals surface area contributed by atoms with Gasteiger partial charge in [0.1, 0.15) is 0 Å². The Hall–Kier alpha value is -1.10. The molecule has 1 heterocycles. The molecule has 0 spiro atoms. The van der Waals surface area contributed by atoms with Gasteiger partial charge in [-0.3, -0.25) is 9.59 Å². The normalized spacial score (nSPS) is 24.6. The Morgan fingerprint density at radius 2 is 2.11 bits per heavy atom. The molecule has 0 bridgehead atoms. The minimum atomic E-state index is -0.836. The average Bonchev–Trinajstić information content (AvgIpc) is 2.26. The van der Waals surface area contributed by atoms with E-state index < -0.39 is 11.5 Å². The molecule has 2 unspecified atom stereocenters. The third-order valence-electron chi connectivity index (χ3n) is 3.28. The van der Waals surface area contributed by atoms with E-state index >= 15 is 0 Å². The fraction of sp³-hybridized carbons (Fsp3) is 0.846. The van der Waals surface area contributed by atoms with Gasteiger partial charge in [-0.2, -0.15) is 0 Å². The monoisotopic (exact) mass is 257 g/mol. The quantitative estimate of drug-likeness (QED) is 0.783. The third-order valence-corrected chi connectivity index (χ3v) is 3.28. The van der Waals surface area contributed by atoms with E-state index in [2.05, 4.69) is 5.32 Å². The van der Waals surface area contributed by atoms with Crippen molar-refractivity contribution in [3.05, 3.63) is 0 Å². The number of ether oxygens (including phenoxy) is 1. The summed E-state index contributed by atoms with van der Waals surface area (Å²) in [6, 6.07) is 0. The van der Waals surface area contributed by atoms with Crippen LogP contribution in [0, 0.1) is 5.92 Å². The second-order valence-electron chi connectivity index (χ2n) is 5.67. The predicted molar refractivity (Wildman–Crippen MR) is 67.2 cm³/mol. The fourth-order valence-electron chi connectivity index (χ4n) is 2.15. The zero-order valence-corrected chi connectivity index (χ0v) is 11.4. The van der Waals surface area contributed by atoms with E-state index in [1.54, 1.807) is 0 Å². The maximum atomic E-state index is 12.1. The Morgan fingerprint density at radius 3 is 2.67 bits per heavy atom. The van der Waals surface area contributed by atoms with Crippen LogP contribution in [0.25, 0.3) is 0 Å². The SMILES string of the molecule is CC1CC(C(=O)NC(C)(C)CCC(=O)O)CCO1. The summed E-state index contributed by atoms with van der Waals surface area (Å²) in [5.74, 6) is -0.838. The van der Waals surface area contributed by atoms with Gasteiger partial charge >= 0.3 is 5.97 Å². The molecular weight excluding hydrogens is 234 g/mol. The average molecular weight is 257 g/mol. The van der Waals surface area contributed by atoms with Gasteiger partial charge in [-0.05, 0) is 40.0 Å². The highest BCUT2D eigenvalue weighted by atomic mass is 16.5. The van der Waals surface area contributed by atoms with Crippen LogP contribution in [0.15, 0.2) is 0 Å². The molecule has 5 nitrogen and oxygen atoms in total. The summed E-state index contributed by atoms with van der Waals surface area (Å²) in [6.45, 7) is 6.30. The zero-order valence-electron chi connectivity index (χ0n) is 11.4. The summed E-state index contributed by atoms with van der Waals surface area (Å²) >= 11 is 0. The molecular formula is C13H23NO4. The lowest BCUT2D eigenvalue weighted by atomic mass is 9.92. The first kappa shape index (κ1) is 15.0. The first-order chi connectivity index (χ1) is 8.30. The van der Waals surface area contributed by atoms with Gasteiger partial charge in [0.05, 0.1) is 6.10 Å². The summed E-state index contributed by atoms with van der Waals surface area (Å²) in [4.78, 5) is 22.6. The molecule has 5 heteroatoms. The van der Waals surface area contributed by atoms with E-state index in [9.17, 15) is 9.59 Å². The Bertz CT molecular complexity index is 314. The van der Waals surface area contributed by atoms with Crippen LogP contribution in [0.1, 0.15) is 46.5 Å². The number of hydrogen-bond donors (Lipinski definition) is 2. The van der Waals surface area contributed by atoms with Crippen molar-refractivity contribution >= 4 is 11.9 Å². The number of nitrogens with one attached hydrogen (secondary N) is 1. The standard InChI is InChI=1S/C13H23NO4/c1-9-8-10(5-7-18-9)12(17)14-13(2,3)6-4-11(15)16/h9-10H,4-8H2,1-3H3,(H,14,17)(H,15,16). The molecule has 1 fully saturated rings. The summed E-state index contributed by atoms with van der Waals surface area (Å²) in [5.41, 5.74) is -0.475. The van der Waals surface area contributed by atoms with Crippen molar-refractivity contribution in [1.82, 2.24) is 5.32 Å². The lowest BCUT2D eigenvalue weighted by molar-refractivity contribution is -0.138. The van der Waals surface area contributed by atoms with Crippen molar-refractivity contribution in [1.29, 1.82) is 0 Å². The Kier molecular flexibility index (Phi) is 5.14. The van der Waals surface area contributed by atoms with Crippen LogP contribution < -0.4 is 5.32 Å². The van der Waals surface area contributed by atoms with Crippen LogP contribution in [0.5, 0.6) is 0 Å². The van der Waals surface area contributed by atoms with Gasteiger partial charge in [-0.1, -0.05) is 0 Å². The number of carboxylic acids is 1. The number of carboxylic acid groups (broad SMARTS) is 1. The molecule has 0 aromatic carbocycles. The van der Waals surface area contributed by atoms with E-state index in [1.165, 1.54) is 0 Å². The molecule has 2 N–H and O–H groups in total. The fourth-order valence-corrected chi connectivity index (χ4v) is 2.15. The molecule has 18 heavy (non-hydrogen) atoms. The molecule has 1 saturated heterocycles. The van der Waals surface area contributed by atoms with Crippen LogP contribution in [0.2, 0.25) is 0 Å². The topological polar surface area (TPSA) is 75.6 Å². The molecule has 1 rings (SSSR count). The molecule has 1 aliphatic rings. The van der Waals surface area contributed by atoms with Gasteiger partial charge in [0.15, 0.2) is 0 Å². The van der Waals surface area contributed by atoms with Gasteiger partial charge in [0, 0.05) is 24.5 Å². The molecule has 104 valence electrons. The lowest BCUT2D eigenvalue weighted by Crippen LogP contribution is -2.47. The maximum Gasteiger partial charge on any atom is 0.303 e. The molecule has 0 aromatic rings. The number of amides is 1. The summed E-state index contributed by atoms with van der Waals surface area (Å²) in [7, 11) is 0. The molecule has 0 saturated carbocycles. The van der Waals surface area contributed by atoms with E-state index in [-0.39, 0.29) is 24.3 Å². The van der Waals surface area contributed by atoms with Crippen LogP contribution in [0.3, 0.4) is 0 Å². The summed E-state index contributed by atoms with van der Waals surface area (Å²) < 4.78 is 5.41. The summed E-state index contributed by atoms with van der Waals surface area (Å²) in [6.07, 6.45) is 2.10. The van der Waals surface area contributed by atoms with Crippen molar-refractivity contribution in [2.75, 3.05) is 6.61 Å². The smallest absolute Gasteiger partial charge is 0.303 e. The van der Waals surface area contributed by atoms with E-state index in [0.717, 1.165) is 12.8 Å². The van der Waals surface area contributed by atoms with E-state index in [1.807, 2.05) is 20.8 Å². The highest BCUT2D eigenvalue weighted by Crippen LogP contribution is 2.21. The van der Waals surface area contributed by atoms with Crippen LogP contribution in [0.4, 0.5) is 0 Å². The van der Waals surface area contributed by atoms with Gasteiger partial charge in [0.25, 0.3) is 0 Å². The van der Waals surface area contributed by atoms with Gasteiger partial charge in [-0.15, -0.1) is 0 Å². The van der Waals surface area contributed by atoms with Gasteiger partial charge in [-0.25, -0.2) is 0 Å². The number of hydrogen-bond acceptors (Lipinski definition) is 3. The largest absolute Gasteiger partial charge is 0.481 e. The van der Waals surface area contributed by atoms with Crippen molar-refractivity contribution in [2.45, 2.75) is 58.1 Å². The highest BCUT2D eigenvalue weighted by molar-refractivity contribution is 5.79. The number of carbonyl (C=O) groups excluding carboxylic acids is 1. The van der Waals surface area contributed by atoms with Gasteiger partial charge in [0.2, 0.25) is 5.91 Å². The predicted octanol–water partition coefficient (Wildman–Crippen LogP) is 1.56. The van der Waals surface area contributed by atoms with E-state index in [4.69, 9.17) is 9.84 Å². The molecule has 2 atom stereocenters. The first-order valence-corrected chi connectivity index (χ1v) is 6.45. The molecule has 0 aliphatic carbocycles. The third kappa shape index (κ3) is 5.04. The molecule has 1 amide bonds. The lowest BCUT2D eigenvalue weighted by Gasteiger charge is -2.31. The highest BCUT2D eigenvalue weighted by Gasteiger charge is 2.29. The molecule has 1 aliphatic heterocycles. The van der Waals surface area contributed by atoms with Crippen molar-refractivity contribution in [3.8, 4) is 0 Å². The Balaban J connectivity index is 2.44. The molecule has 0 aromatic heterocycles. The number of aliphatic carboxylic acids is 1. The minimum Gasteiger partial charge on any atom is -0.481 e. The van der Waals surface area contributed by atoms with Crippen molar-refractivity contribution < 1.29 is 19.4 Å². The number of carbonyl (C=O) groups is 2. The van der Waals surface area contributed by atoms with Crippen LogP contribution in [-0.2, 0) is 14.3 Å². The second-order valence-corrected chi connectivity index (χ2v) is 5.67. The second kappa shape index (κ2) is 6.18. The first-order valence-electron chi connectivity index (χ1n) is 6.45. The van der Waals surface area contributed by atoms with Crippen molar-refractivity contribution in [2.24, 2.45) is 5.92 Å². The summed E-state index contributed by atoms with van der Waals surface area (Å²) in [5, 5.41) is 11.6. The zero-order chi connectivity index (χ0) is 13.8. The van der Waals surface area contributed by atoms with Crippen molar-refractivity contribution in [3.63, 3.8) is 0 Å². The van der Waals surface area contributed by atoms with Crippen LogP contribution >= 0.6 is 0 Å². The number of rotatable bonds is 5. The van der Waals surface area contributed by atoms with E-state index in [0.29, 0.717) is 13.0 Å². The van der Waals surface area contributed by atoms with Gasteiger partial charge < -0.3 is 15.2 Å². The maximum absolute atomic E-state index is 12.1. The Labute approximate surface area is 108 Å². The molecule has 0 radical (unpaired) electrons. The Morgan fingerprint density at radius 1 is 1.44 bits per heavy atom. The minimum absolute atomic E-state index is 0.0144.